The largest absolute Gasteiger partial charge is 0.295 e. The smallest absolute Gasteiger partial charge is 0.159 e. The van der Waals surface area contributed by atoms with Crippen LogP contribution in [0.5, 0.6) is 0 Å². The molecule has 39 heavy (non-hydrogen) atoms. The maximum atomic E-state index is 14.5. The van der Waals surface area contributed by atoms with E-state index in [0.29, 0.717) is 22.7 Å². The first-order chi connectivity index (χ1) is 18.9. The fraction of sp³-hybridized carbons (Fsp3) is 0.226. The second-order valence-corrected chi connectivity index (χ2v) is 10.1. The van der Waals surface area contributed by atoms with Gasteiger partial charge in [0.15, 0.2) is 11.6 Å². The van der Waals surface area contributed by atoms with Gasteiger partial charge >= 0.3 is 0 Å². The lowest BCUT2D eigenvalue weighted by Gasteiger charge is -2.22. The maximum absolute atomic E-state index is 14.5. The SMILES string of the molecule is C=CC(c1ccc(-c2ccc(F)c(F)c2)cc1F)n1cccn1.CCc1cc(CN(C)C2C=CSC2)ccn1. The van der Waals surface area contributed by atoms with Gasteiger partial charge < -0.3 is 0 Å². The molecule has 1 aliphatic rings. The highest BCUT2D eigenvalue weighted by atomic mass is 32.2. The molecule has 0 radical (unpaired) electrons. The van der Waals surface area contributed by atoms with Crippen LogP contribution >= 0.6 is 11.8 Å². The van der Waals surface area contributed by atoms with Crippen molar-refractivity contribution in [3.8, 4) is 11.1 Å². The zero-order valence-electron chi connectivity index (χ0n) is 22.0. The summed E-state index contributed by atoms with van der Waals surface area (Å²) in [6.07, 6.45) is 10.1. The molecule has 3 heterocycles. The number of benzene rings is 2. The van der Waals surface area contributed by atoms with Crippen LogP contribution < -0.4 is 0 Å². The van der Waals surface area contributed by atoms with Crippen LogP contribution in [-0.2, 0) is 13.0 Å². The second-order valence-electron chi connectivity index (χ2n) is 9.19. The molecule has 0 amide bonds. The average molecular weight is 549 g/mol. The van der Waals surface area contributed by atoms with Gasteiger partial charge in [0.05, 0.1) is 6.04 Å². The summed E-state index contributed by atoms with van der Waals surface area (Å²) in [6.45, 7) is 6.87. The topological polar surface area (TPSA) is 34.0 Å². The summed E-state index contributed by atoms with van der Waals surface area (Å²) in [7, 11) is 2.19. The summed E-state index contributed by atoms with van der Waals surface area (Å²) in [6, 6.07) is 14.2. The van der Waals surface area contributed by atoms with Crippen molar-refractivity contribution < 1.29 is 13.2 Å². The van der Waals surface area contributed by atoms with Crippen LogP contribution in [0.25, 0.3) is 11.1 Å². The molecule has 4 nitrogen and oxygen atoms in total. The summed E-state index contributed by atoms with van der Waals surface area (Å²) < 4.78 is 42.4. The Morgan fingerprint density at radius 3 is 2.44 bits per heavy atom. The van der Waals surface area contributed by atoms with Crippen LogP contribution in [0.15, 0.2) is 97.3 Å². The van der Waals surface area contributed by atoms with Gasteiger partial charge in [-0.3, -0.25) is 14.6 Å². The van der Waals surface area contributed by atoms with Crippen LogP contribution in [0, 0.1) is 17.5 Å². The predicted octanol–water partition coefficient (Wildman–Crippen LogP) is 7.45. The predicted molar refractivity (Wildman–Crippen MR) is 153 cm³/mol. The van der Waals surface area contributed by atoms with Gasteiger partial charge in [-0.1, -0.05) is 37.3 Å². The highest BCUT2D eigenvalue weighted by Crippen LogP contribution is 2.28. The zero-order valence-corrected chi connectivity index (χ0v) is 22.8. The molecule has 202 valence electrons. The number of allylic oxidation sites excluding steroid dienone is 1. The van der Waals surface area contributed by atoms with E-state index in [1.165, 1.54) is 29.1 Å². The summed E-state index contributed by atoms with van der Waals surface area (Å²) in [5.74, 6) is -1.18. The van der Waals surface area contributed by atoms with Gasteiger partial charge in [0.1, 0.15) is 5.82 Å². The van der Waals surface area contributed by atoms with Gasteiger partial charge in [-0.25, -0.2) is 13.2 Å². The van der Waals surface area contributed by atoms with Gasteiger partial charge in [-0.05, 0) is 72.0 Å². The lowest BCUT2D eigenvalue weighted by molar-refractivity contribution is 0.294. The molecule has 4 aromatic rings. The second kappa shape index (κ2) is 13.4. The van der Waals surface area contributed by atoms with E-state index in [-0.39, 0.29) is 0 Å². The number of hydrogen-bond acceptors (Lipinski definition) is 4. The lowest BCUT2D eigenvalue weighted by Crippen LogP contribution is -2.29. The zero-order chi connectivity index (χ0) is 27.8. The number of halogens is 3. The van der Waals surface area contributed by atoms with E-state index in [4.69, 9.17) is 0 Å². The third-order valence-corrected chi connectivity index (χ3v) is 7.39. The molecule has 5 rings (SSSR count). The van der Waals surface area contributed by atoms with E-state index in [1.807, 2.05) is 18.0 Å². The van der Waals surface area contributed by atoms with Crippen LogP contribution in [0.2, 0.25) is 0 Å². The van der Waals surface area contributed by atoms with Crippen molar-refractivity contribution in [2.75, 3.05) is 12.8 Å². The van der Waals surface area contributed by atoms with E-state index >= 15 is 0 Å². The molecule has 0 N–H and O–H groups in total. The molecule has 0 bridgehead atoms. The normalized spacial score (nSPS) is 15.2. The van der Waals surface area contributed by atoms with Crippen molar-refractivity contribution in [2.45, 2.75) is 32.0 Å². The minimum Gasteiger partial charge on any atom is -0.295 e. The minimum atomic E-state index is -0.965. The Morgan fingerprint density at radius 2 is 1.82 bits per heavy atom. The quantitative estimate of drug-likeness (QED) is 0.214. The lowest BCUT2D eigenvalue weighted by atomic mass is 10.00. The van der Waals surface area contributed by atoms with E-state index in [2.05, 4.69) is 59.1 Å². The van der Waals surface area contributed by atoms with Crippen molar-refractivity contribution in [3.63, 3.8) is 0 Å². The van der Waals surface area contributed by atoms with Crippen LogP contribution in [0.4, 0.5) is 13.2 Å². The van der Waals surface area contributed by atoms with Gasteiger partial charge in [0.25, 0.3) is 0 Å². The van der Waals surface area contributed by atoms with E-state index in [1.54, 1.807) is 41.4 Å². The number of hydrogen-bond donors (Lipinski definition) is 0. The van der Waals surface area contributed by atoms with Crippen LogP contribution in [-0.4, -0.2) is 38.5 Å². The third kappa shape index (κ3) is 7.28. The molecular formula is C31H31F3N4S. The first-order valence-electron chi connectivity index (χ1n) is 12.7. The Hall–Kier alpha value is -3.62. The molecule has 2 unspecified atom stereocenters. The van der Waals surface area contributed by atoms with Crippen molar-refractivity contribution in [3.05, 3.63) is 132 Å². The molecular weight excluding hydrogens is 517 g/mol. The third-order valence-electron chi connectivity index (χ3n) is 6.51. The highest BCUT2D eigenvalue weighted by Gasteiger charge is 2.17. The molecule has 0 saturated heterocycles. The molecule has 0 spiro atoms. The van der Waals surface area contributed by atoms with Gasteiger partial charge in [0.2, 0.25) is 0 Å². The Kier molecular flexibility index (Phi) is 9.79. The van der Waals surface area contributed by atoms with Crippen molar-refractivity contribution in [2.24, 2.45) is 0 Å². The number of rotatable bonds is 8. The van der Waals surface area contributed by atoms with Crippen LogP contribution in [0.3, 0.4) is 0 Å². The van der Waals surface area contributed by atoms with Gasteiger partial charge in [-0.15, -0.1) is 18.3 Å². The Balaban J connectivity index is 0.000000193. The summed E-state index contributed by atoms with van der Waals surface area (Å²) >= 11 is 1.89. The number of thioether (sulfide) groups is 1. The van der Waals surface area contributed by atoms with Crippen molar-refractivity contribution >= 4 is 11.8 Å². The number of pyridine rings is 1. The van der Waals surface area contributed by atoms with Crippen molar-refractivity contribution in [1.82, 2.24) is 19.7 Å². The fourth-order valence-electron chi connectivity index (χ4n) is 4.30. The molecule has 2 aromatic carbocycles. The monoisotopic (exact) mass is 548 g/mol. The first-order valence-corrected chi connectivity index (χ1v) is 13.7. The van der Waals surface area contributed by atoms with Gasteiger partial charge in [0, 0.05) is 48.2 Å². The molecule has 1 aliphatic heterocycles. The molecule has 0 saturated carbocycles. The summed E-state index contributed by atoms with van der Waals surface area (Å²) in [5, 5.41) is 6.29. The molecule has 8 heteroatoms. The summed E-state index contributed by atoms with van der Waals surface area (Å²) in [5.41, 5.74) is 3.81. The van der Waals surface area contributed by atoms with Crippen molar-refractivity contribution in [1.29, 1.82) is 0 Å². The van der Waals surface area contributed by atoms with E-state index < -0.39 is 23.5 Å². The molecule has 0 fully saturated rings. The Morgan fingerprint density at radius 1 is 1.05 bits per heavy atom. The molecule has 2 aromatic heterocycles. The fourth-order valence-corrected chi connectivity index (χ4v) is 5.27. The highest BCUT2D eigenvalue weighted by molar-refractivity contribution is 8.02. The maximum Gasteiger partial charge on any atom is 0.159 e. The summed E-state index contributed by atoms with van der Waals surface area (Å²) in [4.78, 5) is 6.72. The number of likely N-dealkylation sites (N-methyl/N-ethyl adjacent to an activating group) is 1. The van der Waals surface area contributed by atoms with E-state index in [9.17, 15) is 13.2 Å². The van der Waals surface area contributed by atoms with Crippen LogP contribution in [0.1, 0.15) is 29.8 Å². The Labute approximate surface area is 231 Å². The minimum absolute atomic E-state index is 0.398. The number of aromatic nitrogens is 3. The standard InChI is InChI=1S/C18H13F3N2.C13H18N2S/c1-2-18(23-9-3-8-22-23)14-6-4-12(10-16(14)20)13-5-7-15(19)17(21)11-13;1-3-12-8-11(4-6-14-12)9-15(2)13-5-7-16-10-13/h2-11,18H,1H2;4-8,13H,3,9-10H2,1-2H3. The van der Waals surface area contributed by atoms with Gasteiger partial charge in [-0.2, -0.15) is 5.10 Å². The number of aryl methyl sites for hydroxylation is 1. The first kappa shape index (κ1) is 28.4. The molecule has 0 aliphatic carbocycles. The average Bonchev–Trinajstić information content (AvgIpc) is 3.67. The molecule has 2 atom stereocenters. The Bertz CT molecular complexity index is 1420. The van der Waals surface area contributed by atoms with E-state index in [0.717, 1.165) is 25.1 Å². The number of nitrogens with zero attached hydrogens (tertiary/aromatic N) is 4.